The van der Waals surface area contributed by atoms with E-state index in [1.165, 1.54) is 0 Å². The molecule has 24 heavy (non-hydrogen) atoms. The number of carbonyl (C=O) groups is 1. The summed E-state index contributed by atoms with van der Waals surface area (Å²) in [5.41, 5.74) is 0.522. The number of H-pyrrole nitrogens is 1. The van der Waals surface area contributed by atoms with E-state index in [0.29, 0.717) is 25.5 Å². The number of thiazole rings is 1. The Balaban J connectivity index is 1.53. The predicted octanol–water partition coefficient (Wildman–Crippen LogP) is 1.63. The van der Waals surface area contributed by atoms with Gasteiger partial charge in [0.25, 0.3) is 5.91 Å². The highest BCUT2D eigenvalue weighted by Crippen LogP contribution is 2.35. The fraction of sp³-hybridized carbons (Fsp3) is 0.562. The molecule has 1 N–H and O–H groups in total. The monoisotopic (exact) mass is 347 g/mol. The number of nitrogens with one attached hydrogen (secondary N) is 1. The van der Waals surface area contributed by atoms with E-state index < -0.39 is 0 Å². The third kappa shape index (κ3) is 3.03. The van der Waals surface area contributed by atoms with Crippen molar-refractivity contribution in [1.82, 2.24) is 19.9 Å². The molecule has 1 amide bonds. The van der Waals surface area contributed by atoms with Crippen LogP contribution in [-0.4, -0.2) is 65.2 Å². The molecule has 0 aromatic carbocycles. The minimum absolute atomic E-state index is 0.0246. The second-order valence-corrected chi connectivity index (χ2v) is 7.46. The van der Waals surface area contributed by atoms with Crippen molar-refractivity contribution in [3.05, 3.63) is 29.8 Å². The predicted molar refractivity (Wildman–Crippen MR) is 91.3 cm³/mol. The Morgan fingerprint density at radius 2 is 2.33 bits per heavy atom. The second kappa shape index (κ2) is 6.52. The Bertz CT molecular complexity index is 675. The molecule has 2 aromatic rings. The van der Waals surface area contributed by atoms with Crippen LogP contribution in [0.3, 0.4) is 0 Å². The molecule has 0 unspecified atom stereocenters. The number of likely N-dealkylation sites (tertiary alicyclic amines) is 1. The summed E-state index contributed by atoms with van der Waals surface area (Å²) in [6.45, 7) is 4.64. The SMILES string of the molecule is O=C(c1cnc[nH]1)N1CCC[C@]2(COCCN(c3nccs3)C2)C1. The fourth-order valence-electron chi connectivity index (χ4n) is 3.70. The van der Waals surface area contributed by atoms with Crippen LogP contribution in [0.15, 0.2) is 24.1 Å². The van der Waals surface area contributed by atoms with Gasteiger partial charge >= 0.3 is 0 Å². The first-order valence-corrected chi connectivity index (χ1v) is 9.14. The standard InChI is InChI=1S/C16H21N5O2S/c22-14(13-8-17-12-19-13)20-4-1-2-16(9-20)10-21(5-6-23-11-16)15-18-3-7-24-15/h3,7-8,12H,1-2,4-6,9-11H2,(H,17,19)/t16-/m0/s1. The minimum Gasteiger partial charge on any atom is -0.379 e. The third-order valence-corrected chi connectivity index (χ3v) is 5.64. The first-order chi connectivity index (χ1) is 11.8. The topological polar surface area (TPSA) is 74.3 Å². The van der Waals surface area contributed by atoms with Crippen molar-refractivity contribution in [3.8, 4) is 0 Å². The lowest BCUT2D eigenvalue weighted by atomic mass is 9.80. The molecule has 2 saturated heterocycles. The molecule has 1 atom stereocenters. The van der Waals surface area contributed by atoms with E-state index in [1.54, 1.807) is 23.9 Å². The molecule has 0 saturated carbocycles. The zero-order valence-electron chi connectivity index (χ0n) is 13.5. The van der Waals surface area contributed by atoms with Gasteiger partial charge < -0.3 is 19.5 Å². The Morgan fingerprint density at radius 3 is 3.12 bits per heavy atom. The summed E-state index contributed by atoms with van der Waals surface area (Å²) < 4.78 is 5.91. The molecular weight excluding hydrogens is 326 g/mol. The van der Waals surface area contributed by atoms with Crippen LogP contribution in [0.1, 0.15) is 23.3 Å². The van der Waals surface area contributed by atoms with Gasteiger partial charge in [-0.2, -0.15) is 0 Å². The number of hydrogen-bond acceptors (Lipinski definition) is 6. The average molecular weight is 347 g/mol. The molecule has 7 nitrogen and oxygen atoms in total. The minimum atomic E-state index is -0.0316. The molecule has 1 spiro atoms. The number of rotatable bonds is 2. The van der Waals surface area contributed by atoms with Crippen molar-refractivity contribution in [3.63, 3.8) is 0 Å². The zero-order valence-corrected chi connectivity index (χ0v) is 14.3. The number of nitrogens with zero attached hydrogens (tertiary/aromatic N) is 4. The van der Waals surface area contributed by atoms with E-state index in [1.807, 2.05) is 16.5 Å². The van der Waals surface area contributed by atoms with Gasteiger partial charge in [-0.25, -0.2) is 9.97 Å². The van der Waals surface area contributed by atoms with Crippen LogP contribution in [0.4, 0.5) is 5.13 Å². The molecule has 2 fully saturated rings. The number of hydrogen-bond donors (Lipinski definition) is 1. The van der Waals surface area contributed by atoms with Gasteiger partial charge in [0.15, 0.2) is 5.13 Å². The summed E-state index contributed by atoms with van der Waals surface area (Å²) in [4.78, 5) is 28.2. The Labute approximate surface area is 144 Å². The smallest absolute Gasteiger partial charge is 0.271 e. The molecule has 8 heteroatoms. The van der Waals surface area contributed by atoms with Crippen molar-refractivity contribution >= 4 is 22.4 Å². The number of ether oxygens (including phenoxy) is 1. The normalized spacial score (nSPS) is 25.0. The fourth-order valence-corrected chi connectivity index (χ4v) is 4.37. The van der Waals surface area contributed by atoms with Crippen LogP contribution in [0.2, 0.25) is 0 Å². The van der Waals surface area contributed by atoms with Crippen LogP contribution in [0.25, 0.3) is 0 Å². The van der Waals surface area contributed by atoms with E-state index in [9.17, 15) is 4.79 Å². The first-order valence-electron chi connectivity index (χ1n) is 8.26. The van der Waals surface area contributed by atoms with Crippen LogP contribution < -0.4 is 4.90 Å². The number of piperidine rings is 1. The van der Waals surface area contributed by atoms with Gasteiger partial charge in [-0.05, 0) is 12.8 Å². The van der Waals surface area contributed by atoms with Crippen LogP contribution in [-0.2, 0) is 4.74 Å². The molecule has 2 aromatic heterocycles. The van der Waals surface area contributed by atoms with E-state index in [0.717, 1.165) is 37.6 Å². The molecule has 0 bridgehead atoms. The molecule has 2 aliphatic rings. The molecule has 4 heterocycles. The summed E-state index contributed by atoms with van der Waals surface area (Å²) in [6, 6.07) is 0. The molecule has 2 aliphatic heterocycles. The molecule has 128 valence electrons. The number of amides is 1. The lowest BCUT2D eigenvalue weighted by Gasteiger charge is -2.43. The molecular formula is C16H21N5O2S. The third-order valence-electron chi connectivity index (χ3n) is 4.81. The van der Waals surface area contributed by atoms with Crippen molar-refractivity contribution in [1.29, 1.82) is 0 Å². The second-order valence-electron chi connectivity index (χ2n) is 6.58. The van der Waals surface area contributed by atoms with Gasteiger partial charge in [0.05, 0.1) is 25.7 Å². The number of carbonyl (C=O) groups excluding carboxylic acids is 1. The van der Waals surface area contributed by atoms with Crippen molar-refractivity contribution in [2.45, 2.75) is 12.8 Å². The summed E-state index contributed by atoms with van der Waals surface area (Å²) >= 11 is 1.66. The van der Waals surface area contributed by atoms with Crippen molar-refractivity contribution in [2.75, 3.05) is 44.3 Å². The van der Waals surface area contributed by atoms with Crippen molar-refractivity contribution in [2.24, 2.45) is 5.41 Å². The highest BCUT2D eigenvalue weighted by molar-refractivity contribution is 7.13. The highest BCUT2D eigenvalue weighted by Gasteiger charge is 2.41. The van der Waals surface area contributed by atoms with Gasteiger partial charge in [-0.15, -0.1) is 11.3 Å². The number of imidazole rings is 1. The lowest BCUT2D eigenvalue weighted by Crippen LogP contribution is -2.52. The van der Waals surface area contributed by atoms with Crippen LogP contribution in [0, 0.1) is 5.41 Å². The van der Waals surface area contributed by atoms with Gasteiger partial charge in [-0.1, -0.05) is 0 Å². The zero-order chi connectivity index (χ0) is 16.4. The maximum absolute atomic E-state index is 12.7. The Morgan fingerprint density at radius 1 is 1.38 bits per heavy atom. The summed E-state index contributed by atoms with van der Waals surface area (Å²) in [5.74, 6) is 0.0246. The Hall–Kier alpha value is -1.93. The highest BCUT2D eigenvalue weighted by atomic mass is 32.1. The number of anilines is 1. The number of aromatic nitrogens is 3. The molecule has 0 aliphatic carbocycles. The van der Waals surface area contributed by atoms with Gasteiger partial charge in [0, 0.05) is 43.2 Å². The van der Waals surface area contributed by atoms with E-state index >= 15 is 0 Å². The van der Waals surface area contributed by atoms with Crippen LogP contribution >= 0.6 is 11.3 Å². The van der Waals surface area contributed by atoms with Crippen molar-refractivity contribution < 1.29 is 9.53 Å². The summed E-state index contributed by atoms with van der Waals surface area (Å²) in [5, 5.41) is 3.04. The number of aromatic amines is 1. The maximum Gasteiger partial charge on any atom is 0.271 e. The lowest BCUT2D eigenvalue weighted by molar-refractivity contribution is 0.0133. The van der Waals surface area contributed by atoms with E-state index in [-0.39, 0.29) is 11.3 Å². The molecule has 0 radical (unpaired) electrons. The van der Waals surface area contributed by atoms with E-state index in [2.05, 4.69) is 19.9 Å². The quantitative estimate of drug-likeness (QED) is 0.894. The average Bonchev–Trinajstić information content (AvgIpc) is 3.28. The Kier molecular flexibility index (Phi) is 4.24. The largest absolute Gasteiger partial charge is 0.379 e. The van der Waals surface area contributed by atoms with Gasteiger partial charge in [0.2, 0.25) is 0 Å². The van der Waals surface area contributed by atoms with E-state index in [4.69, 9.17) is 4.74 Å². The maximum atomic E-state index is 12.7. The summed E-state index contributed by atoms with van der Waals surface area (Å²) in [6.07, 6.45) is 7.05. The summed E-state index contributed by atoms with van der Waals surface area (Å²) in [7, 11) is 0. The van der Waals surface area contributed by atoms with Crippen LogP contribution in [0.5, 0.6) is 0 Å². The van der Waals surface area contributed by atoms with Gasteiger partial charge in [-0.3, -0.25) is 4.79 Å². The van der Waals surface area contributed by atoms with Gasteiger partial charge in [0.1, 0.15) is 5.69 Å². The first kappa shape index (κ1) is 15.6. The molecule has 4 rings (SSSR count).